The van der Waals surface area contributed by atoms with E-state index in [1.54, 1.807) is 24.3 Å². The van der Waals surface area contributed by atoms with Crippen molar-refractivity contribution in [1.82, 2.24) is 0 Å². The first-order valence-corrected chi connectivity index (χ1v) is 11.1. The van der Waals surface area contributed by atoms with Crippen molar-refractivity contribution in [2.24, 2.45) is 0 Å². The van der Waals surface area contributed by atoms with Crippen LogP contribution in [0.1, 0.15) is 12.8 Å². The molecule has 0 atom stereocenters. The van der Waals surface area contributed by atoms with Gasteiger partial charge in [-0.1, -0.05) is 54.1 Å². The number of sulfonamides is 1. The Morgan fingerprint density at radius 2 is 1.75 bits per heavy atom. The zero-order chi connectivity index (χ0) is 20.1. The number of carbonyl (C=O) groups excluding carboxylic acids is 1. The van der Waals surface area contributed by atoms with Crippen LogP contribution in [0.15, 0.2) is 66.7 Å². The third kappa shape index (κ3) is 5.03. The van der Waals surface area contributed by atoms with Crippen molar-refractivity contribution in [3.8, 4) is 0 Å². The molecule has 0 spiro atoms. The molecule has 0 bridgehead atoms. The number of nitrogens with one attached hydrogen (secondary N) is 1. The molecule has 7 heteroatoms. The Hall–Kier alpha value is -2.57. The van der Waals surface area contributed by atoms with Crippen LogP contribution in [0.4, 0.5) is 11.4 Å². The molecule has 3 rings (SSSR count). The lowest BCUT2D eigenvalue weighted by Crippen LogP contribution is -2.31. The van der Waals surface area contributed by atoms with Gasteiger partial charge >= 0.3 is 0 Å². The van der Waals surface area contributed by atoms with E-state index in [2.05, 4.69) is 5.32 Å². The van der Waals surface area contributed by atoms with Crippen molar-refractivity contribution >= 4 is 49.7 Å². The van der Waals surface area contributed by atoms with Crippen LogP contribution in [-0.2, 0) is 14.8 Å². The molecule has 0 radical (unpaired) electrons. The van der Waals surface area contributed by atoms with Gasteiger partial charge in [0.05, 0.1) is 11.9 Å². The fourth-order valence-corrected chi connectivity index (χ4v) is 4.19. The van der Waals surface area contributed by atoms with E-state index in [-0.39, 0.29) is 18.9 Å². The van der Waals surface area contributed by atoms with Crippen LogP contribution in [0.3, 0.4) is 0 Å². The first-order valence-electron chi connectivity index (χ1n) is 8.85. The highest BCUT2D eigenvalue weighted by Gasteiger charge is 2.18. The molecule has 1 amide bonds. The van der Waals surface area contributed by atoms with Gasteiger partial charge in [0.1, 0.15) is 0 Å². The van der Waals surface area contributed by atoms with Gasteiger partial charge in [0.15, 0.2) is 0 Å². The van der Waals surface area contributed by atoms with Crippen LogP contribution in [0.2, 0.25) is 5.02 Å². The molecule has 0 aliphatic rings. The predicted molar refractivity (Wildman–Crippen MR) is 115 cm³/mol. The zero-order valence-electron chi connectivity index (χ0n) is 15.4. The molecule has 0 aliphatic heterocycles. The Balaban J connectivity index is 1.65. The van der Waals surface area contributed by atoms with Crippen LogP contribution >= 0.6 is 11.6 Å². The minimum atomic E-state index is -3.48. The summed E-state index contributed by atoms with van der Waals surface area (Å²) in [5.41, 5.74) is 1.24. The van der Waals surface area contributed by atoms with Crippen LogP contribution < -0.4 is 9.62 Å². The van der Waals surface area contributed by atoms with Gasteiger partial charge in [-0.3, -0.25) is 9.10 Å². The largest absolute Gasteiger partial charge is 0.326 e. The van der Waals surface area contributed by atoms with Gasteiger partial charge in [0.25, 0.3) is 0 Å². The smallest absolute Gasteiger partial charge is 0.232 e. The van der Waals surface area contributed by atoms with E-state index in [0.717, 1.165) is 22.7 Å². The molecule has 1 N–H and O–H groups in total. The number of nitrogens with zero attached hydrogens (tertiary/aromatic N) is 1. The van der Waals surface area contributed by atoms with Gasteiger partial charge in [-0.25, -0.2) is 8.42 Å². The summed E-state index contributed by atoms with van der Waals surface area (Å²) in [5.74, 6) is -0.157. The number of halogens is 1. The van der Waals surface area contributed by atoms with E-state index < -0.39 is 10.0 Å². The second kappa shape index (κ2) is 8.63. The number of anilines is 2. The average Bonchev–Trinajstić information content (AvgIpc) is 2.64. The molecular weight excluding hydrogens is 396 g/mol. The van der Waals surface area contributed by atoms with Crippen molar-refractivity contribution in [2.75, 3.05) is 22.4 Å². The first-order chi connectivity index (χ1) is 13.3. The third-order valence-electron chi connectivity index (χ3n) is 4.33. The quantitative estimate of drug-likeness (QED) is 0.608. The summed E-state index contributed by atoms with van der Waals surface area (Å²) in [4.78, 5) is 12.4. The highest BCUT2D eigenvalue weighted by Crippen LogP contribution is 2.24. The Labute approximate surface area is 170 Å². The second-order valence-electron chi connectivity index (χ2n) is 6.49. The maximum absolute atomic E-state index is 12.4. The Morgan fingerprint density at radius 3 is 2.50 bits per heavy atom. The molecule has 3 aromatic rings. The molecule has 3 aromatic carbocycles. The lowest BCUT2D eigenvalue weighted by Gasteiger charge is -2.22. The summed E-state index contributed by atoms with van der Waals surface area (Å²) in [6, 6.07) is 20.2. The number of benzene rings is 3. The number of amides is 1. The van der Waals surface area contributed by atoms with E-state index in [0.29, 0.717) is 17.1 Å². The normalized spacial score (nSPS) is 11.4. The van der Waals surface area contributed by atoms with Crippen LogP contribution in [-0.4, -0.2) is 27.1 Å². The van der Waals surface area contributed by atoms with E-state index in [1.807, 2.05) is 42.5 Å². The molecule has 0 unspecified atom stereocenters. The van der Waals surface area contributed by atoms with Crippen molar-refractivity contribution in [1.29, 1.82) is 0 Å². The molecule has 0 saturated heterocycles. The molecule has 0 saturated carbocycles. The third-order valence-corrected chi connectivity index (χ3v) is 5.75. The van der Waals surface area contributed by atoms with E-state index in [4.69, 9.17) is 11.6 Å². The van der Waals surface area contributed by atoms with E-state index >= 15 is 0 Å². The maximum atomic E-state index is 12.4. The topological polar surface area (TPSA) is 66.5 Å². The van der Waals surface area contributed by atoms with Crippen molar-refractivity contribution in [2.45, 2.75) is 12.8 Å². The summed E-state index contributed by atoms with van der Waals surface area (Å²) in [7, 11) is -3.48. The fraction of sp³-hybridized carbons (Fsp3) is 0.190. The van der Waals surface area contributed by atoms with E-state index in [9.17, 15) is 13.2 Å². The average molecular weight is 417 g/mol. The summed E-state index contributed by atoms with van der Waals surface area (Å²) < 4.78 is 25.5. The summed E-state index contributed by atoms with van der Waals surface area (Å²) in [6.07, 6.45) is 1.73. The predicted octanol–water partition coefficient (Wildman–Crippen LogP) is 4.68. The Bertz CT molecular complexity index is 1090. The molecule has 0 fully saturated rings. The van der Waals surface area contributed by atoms with Gasteiger partial charge < -0.3 is 5.32 Å². The Kier molecular flexibility index (Phi) is 6.21. The highest BCUT2D eigenvalue weighted by molar-refractivity contribution is 7.92. The van der Waals surface area contributed by atoms with Crippen molar-refractivity contribution in [3.63, 3.8) is 0 Å². The Morgan fingerprint density at radius 1 is 1.04 bits per heavy atom. The molecule has 28 heavy (non-hydrogen) atoms. The second-order valence-corrected chi connectivity index (χ2v) is 8.84. The minimum Gasteiger partial charge on any atom is -0.326 e. The van der Waals surface area contributed by atoms with Crippen LogP contribution in [0.5, 0.6) is 0 Å². The zero-order valence-corrected chi connectivity index (χ0v) is 17.0. The van der Waals surface area contributed by atoms with Gasteiger partial charge in [0, 0.05) is 29.1 Å². The SMILES string of the molecule is CS(=O)(=O)N(CCCC(=O)Nc1cccc2ccccc12)c1cccc(Cl)c1. The minimum absolute atomic E-state index is 0.157. The molecule has 146 valence electrons. The summed E-state index contributed by atoms with van der Waals surface area (Å²) in [6.45, 7) is 0.197. The van der Waals surface area contributed by atoms with Gasteiger partial charge in [-0.05, 0) is 36.1 Å². The fourth-order valence-electron chi connectivity index (χ4n) is 3.05. The number of fused-ring (bicyclic) bond motifs is 1. The molecule has 0 aromatic heterocycles. The summed E-state index contributed by atoms with van der Waals surface area (Å²) >= 11 is 5.98. The lowest BCUT2D eigenvalue weighted by atomic mass is 10.1. The number of hydrogen-bond donors (Lipinski definition) is 1. The monoisotopic (exact) mass is 416 g/mol. The van der Waals surface area contributed by atoms with E-state index in [1.165, 1.54) is 4.31 Å². The molecule has 5 nitrogen and oxygen atoms in total. The highest BCUT2D eigenvalue weighted by atomic mass is 35.5. The van der Waals surface area contributed by atoms with Gasteiger partial charge in [-0.15, -0.1) is 0 Å². The van der Waals surface area contributed by atoms with Gasteiger partial charge in [0.2, 0.25) is 15.9 Å². The standard InChI is InChI=1S/C21H21ClN2O3S/c1-28(26,27)24(18-10-5-9-17(22)15-18)14-6-13-21(25)23-20-12-4-8-16-7-2-3-11-19(16)20/h2-5,7-12,15H,6,13-14H2,1H3,(H,23,25). The molecule has 0 heterocycles. The summed E-state index contributed by atoms with van der Waals surface area (Å²) in [5, 5.41) is 5.39. The first kappa shape index (κ1) is 20.2. The molecule has 0 aliphatic carbocycles. The lowest BCUT2D eigenvalue weighted by molar-refractivity contribution is -0.116. The van der Waals surface area contributed by atoms with Crippen molar-refractivity contribution in [3.05, 3.63) is 71.8 Å². The number of hydrogen-bond acceptors (Lipinski definition) is 3. The number of rotatable bonds is 7. The van der Waals surface area contributed by atoms with Gasteiger partial charge in [-0.2, -0.15) is 0 Å². The van der Waals surface area contributed by atoms with Crippen LogP contribution in [0, 0.1) is 0 Å². The maximum Gasteiger partial charge on any atom is 0.232 e. The number of carbonyl (C=O) groups is 1. The molecular formula is C21H21ClN2O3S. The van der Waals surface area contributed by atoms with Crippen molar-refractivity contribution < 1.29 is 13.2 Å². The van der Waals surface area contributed by atoms with Crippen LogP contribution in [0.25, 0.3) is 10.8 Å².